The van der Waals surface area contributed by atoms with Crippen LogP contribution >= 0.6 is 0 Å². The lowest BCUT2D eigenvalue weighted by atomic mass is 9.93. The Morgan fingerprint density at radius 3 is 2.59 bits per heavy atom. The third kappa shape index (κ3) is 4.19. The maximum Gasteiger partial charge on any atom is 0.256 e. The monoisotopic (exact) mass is 393 g/mol. The second kappa shape index (κ2) is 7.91. The normalized spacial score (nSPS) is 17.6. The van der Waals surface area contributed by atoms with E-state index in [1.54, 1.807) is 20.8 Å². The summed E-state index contributed by atoms with van der Waals surface area (Å²) in [5.41, 5.74) is 1.62. The molecule has 2 rings (SSSR count). The summed E-state index contributed by atoms with van der Waals surface area (Å²) in [5.74, 6) is -0.986. The van der Waals surface area contributed by atoms with Crippen LogP contribution in [0.2, 0.25) is 0 Å². The smallest absolute Gasteiger partial charge is 0.256 e. The fourth-order valence-corrected chi connectivity index (χ4v) is 3.98. The van der Waals surface area contributed by atoms with Crippen LogP contribution in [0.3, 0.4) is 0 Å². The number of sulfone groups is 1. The van der Waals surface area contributed by atoms with Crippen molar-refractivity contribution in [1.82, 2.24) is 5.32 Å². The van der Waals surface area contributed by atoms with E-state index in [2.05, 4.69) is 10.5 Å². The molecule has 1 aromatic carbocycles. The second-order valence-corrected chi connectivity index (χ2v) is 8.30. The summed E-state index contributed by atoms with van der Waals surface area (Å²) in [6, 6.07) is 2.80. The largest absolute Gasteiger partial charge is 0.506 e. The van der Waals surface area contributed by atoms with E-state index < -0.39 is 27.6 Å². The van der Waals surface area contributed by atoms with E-state index in [0.717, 1.165) is 18.2 Å². The van der Waals surface area contributed by atoms with E-state index in [1.165, 1.54) is 12.1 Å². The Morgan fingerprint density at radius 2 is 2.11 bits per heavy atom. The molecule has 146 valence electrons. The minimum Gasteiger partial charge on any atom is -0.506 e. The molecule has 1 aliphatic heterocycles. The molecule has 1 aliphatic rings. The number of carbonyl (C=O) groups excluding carboxylic acids is 1. The molecular weight excluding hydrogens is 370 g/mol. The van der Waals surface area contributed by atoms with Crippen LogP contribution in [0.1, 0.15) is 43.1 Å². The maximum absolute atomic E-state index is 12.2. The van der Waals surface area contributed by atoms with Crippen LogP contribution < -0.4 is 5.32 Å². The van der Waals surface area contributed by atoms with E-state index in [0.29, 0.717) is 24.1 Å². The Balaban J connectivity index is 2.70. The first kappa shape index (κ1) is 20.6. The first-order chi connectivity index (χ1) is 12.6. The van der Waals surface area contributed by atoms with Gasteiger partial charge in [0.25, 0.3) is 5.91 Å². The zero-order valence-corrected chi connectivity index (χ0v) is 16.5. The number of nitrogens with one attached hydrogen (secondary N) is 2. The predicted octanol–water partition coefficient (Wildman–Crippen LogP) is 2.29. The summed E-state index contributed by atoms with van der Waals surface area (Å²) in [6.45, 7) is 5.48. The Labute approximate surface area is 158 Å². The third-order valence-electron chi connectivity index (χ3n) is 4.25. The highest BCUT2D eigenvalue weighted by Gasteiger charge is 2.30. The van der Waals surface area contributed by atoms with Crippen LogP contribution in [-0.4, -0.2) is 44.2 Å². The molecule has 27 heavy (non-hydrogen) atoms. The van der Waals surface area contributed by atoms with Crippen molar-refractivity contribution < 1.29 is 23.2 Å². The average Bonchev–Trinajstić information content (AvgIpc) is 3.00. The zero-order valence-electron chi connectivity index (χ0n) is 15.7. The van der Waals surface area contributed by atoms with Crippen molar-refractivity contribution in [2.75, 3.05) is 12.8 Å². The van der Waals surface area contributed by atoms with Gasteiger partial charge in [-0.1, -0.05) is 5.16 Å². The van der Waals surface area contributed by atoms with Crippen molar-refractivity contribution >= 4 is 33.4 Å². The standard InChI is InChI=1S/C18H23N3O5S/c1-5-20-18(23)13(9-19)17(22)12-6-7-15(27(4,24)25)16(11(12)3)14-8-10(2)21-26-14/h6-7,9,14,19,22H,5,8H2,1-4H3,(H,20,23)/b17-13+,19-9?. The van der Waals surface area contributed by atoms with Gasteiger partial charge in [-0.25, -0.2) is 8.42 Å². The van der Waals surface area contributed by atoms with Gasteiger partial charge in [0.15, 0.2) is 15.9 Å². The van der Waals surface area contributed by atoms with Crippen LogP contribution in [0.5, 0.6) is 0 Å². The maximum atomic E-state index is 12.2. The Bertz CT molecular complexity index is 948. The van der Waals surface area contributed by atoms with Crippen LogP contribution in [0.25, 0.3) is 5.76 Å². The van der Waals surface area contributed by atoms with Gasteiger partial charge in [-0.15, -0.1) is 0 Å². The molecule has 0 radical (unpaired) electrons. The number of hydrogen-bond acceptors (Lipinski definition) is 7. The molecule has 1 unspecified atom stereocenters. The number of carbonyl (C=O) groups is 1. The molecule has 1 heterocycles. The van der Waals surface area contributed by atoms with Crippen LogP contribution in [0.15, 0.2) is 27.8 Å². The minimum atomic E-state index is -3.56. The SMILES string of the molecule is CCNC(=O)/C(C=N)=C(/O)c1ccc(S(C)(=O)=O)c(C2CC(C)=NO2)c1C. The lowest BCUT2D eigenvalue weighted by Crippen LogP contribution is -2.26. The van der Waals surface area contributed by atoms with E-state index in [9.17, 15) is 18.3 Å². The molecule has 0 aliphatic carbocycles. The van der Waals surface area contributed by atoms with Gasteiger partial charge in [-0.05, 0) is 38.5 Å². The van der Waals surface area contributed by atoms with Gasteiger partial charge in [0.2, 0.25) is 0 Å². The van der Waals surface area contributed by atoms with Crippen LogP contribution in [0, 0.1) is 12.3 Å². The number of aliphatic hydroxyl groups excluding tert-OH is 1. The van der Waals surface area contributed by atoms with Crippen molar-refractivity contribution in [1.29, 1.82) is 5.41 Å². The highest BCUT2D eigenvalue weighted by molar-refractivity contribution is 7.90. The number of nitrogens with zero attached hydrogens (tertiary/aromatic N) is 1. The number of rotatable bonds is 6. The van der Waals surface area contributed by atoms with Gasteiger partial charge >= 0.3 is 0 Å². The van der Waals surface area contributed by atoms with Crippen molar-refractivity contribution in [2.24, 2.45) is 5.16 Å². The van der Waals surface area contributed by atoms with E-state index in [-0.39, 0.29) is 16.0 Å². The Kier molecular flexibility index (Phi) is 6.04. The quantitative estimate of drug-likeness (QED) is 0.388. The van der Waals surface area contributed by atoms with Crippen molar-refractivity contribution in [2.45, 2.75) is 38.2 Å². The third-order valence-corrected chi connectivity index (χ3v) is 5.40. The molecule has 0 aromatic heterocycles. The summed E-state index contributed by atoms with van der Waals surface area (Å²) < 4.78 is 24.5. The van der Waals surface area contributed by atoms with E-state index in [1.807, 2.05) is 0 Å². The Morgan fingerprint density at radius 1 is 1.44 bits per heavy atom. The zero-order chi connectivity index (χ0) is 20.4. The molecule has 9 heteroatoms. The van der Waals surface area contributed by atoms with Gasteiger partial charge in [0, 0.05) is 36.6 Å². The second-order valence-electron chi connectivity index (χ2n) is 6.31. The first-order valence-corrected chi connectivity index (χ1v) is 10.3. The molecular formula is C18H23N3O5S. The number of amides is 1. The average molecular weight is 393 g/mol. The van der Waals surface area contributed by atoms with Gasteiger partial charge in [-0.3, -0.25) is 4.79 Å². The van der Waals surface area contributed by atoms with Gasteiger partial charge in [0.05, 0.1) is 16.2 Å². The topological polar surface area (TPSA) is 129 Å². The number of aliphatic hydroxyl groups is 1. The van der Waals surface area contributed by atoms with Crippen molar-refractivity contribution in [3.63, 3.8) is 0 Å². The van der Waals surface area contributed by atoms with Crippen molar-refractivity contribution in [3.8, 4) is 0 Å². The summed E-state index contributed by atoms with van der Waals surface area (Å²) >= 11 is 0. The Hall–Kier alpha value is -2.68. The molecule has 1 amide bonds. The number of hydrogen-bond donors (Lipinski definition) is 3. The summed E-state index contributed by atoms with van der Waals surface area (Å²) in [5, 5.41) is 24.5. The minimum absolute atomic E-state index is 0.0841. The van der Waals surface area contributed by atoms with Crippen LogP contribution in [0.4, 0.5) is 0 Å². The number of oxime groups is 1. The fourth-order valence-electron chi connectivity index (χ4n) is 2.98. The van der Waals surface area contributed by atoms with E-state index in [4.69, 9.17) is 10.2 Å². The molecule has 0 saturated heterocycles. The fraction of sp³-hybridized carbons (Fsp3) is 0.389. The molecule has 3 N–H and O–H groups in total. The molecule has 1 aromatic rings. The molecule has 8 nitrogen and oxygen atoms in total. The highest BCUT2D eigenvalue weighted by atomic mass is 32.2. The lowest BCUT2D eigenvalue weighted by Gasteiger charge is -2.19. The van der Waals surface area contributed by atoms with E-state index >= 15 is 0 Å². The summed E-state index contributed by atoms with van der Waals surface area (Å²) in [6.07, 6.45) is 1.69. The van der Waals surface area contributed by atoms with Gasteiger partial charge in [-0.2, -0.15) is 0 Å². The van der Waals surface area contributed by atoms with Gasteiger partial charge < -0.3 is 20.7 Å². The molecule has 1 atom stereocenters. The molecule has 0 saturated carbocycles. The molecule has 0 fully saturated rings. The summed E-state index contributed by atoms with van der Waals surface area (Å²) in [4.78, 5) is 17.6. The van der Waals surface area contributed by atoms with Crippen molar-refractivity contribution in [3.05, 3.63) is 34.4 Å². The molecule has 0 bridgehead atoms. The number of benzene rings is 1. The van der Waals surface area contributed by atoms with Crippen LogP contribution in [-0.2, 0) is 19.5 Å². The summed E-state index contributed by atoms with van der Waals surface area (Å²) in [7, 11) is -3.56. The molecule has 0 spiro atoms. The first-order valence-electron chi connectivity index (χ1n) is 8.36. The van der Waals surface area contributed by atoms with Gasteiger partial charge in [0.1, 0.15) is 5.76 Å². The lowest BCUT2D eigenvalue weighted by molar-refractivity contribution is -0.116. The number of likely N-dealkylation sites (N-methyl/N-ethyl adjacent to an activating group) is 1. The highest BCUT2D eigenvalue weighted by Crippen LogP contribution is 2.37. The predicted molar refractivity (Wildman–Crippen MR) is 103 cm³/mol.